The van der Waals surface area contributed by atoms with Crippen molar-refractivity contribution in [3.63, 3.8) is 0 Å². The average molecular weight is 408 g/mol. The number of rotatable bonds is 8. The minimum Gasteiger partial charge on any atom is -0.383 e. The SMILES string of the molecule is CC(C)CNc1ccc(S(=O)(=O)N2CCOCC2)cc1NCc1nccn1C. The van der Waals surface area contributed by atoms with Gasteiger partial charge in [-0.15, -0.1) is 0 Å². The number of aryl methyl sites for hydroxylation is 1. The van der Waals surface area contributed by atoms with Gasteiger partial charge in [0.1, 0.15) is 5.82 Å². The van der Waals surface area contributed by atoms with Gasteiger partial charge in [0.25, 0.3) is 0 Å². The van der Waals surface area contributed by atoms with Crippen LogP contribution in [0.1, 0.15) is 19.7 Å². The van der Waals surface area contributed by atoms with E-state index in [4.69, 9.17) is 4.74 Å². The van der Waals surface area contributed by atoms with Gasteiger partial charge in [-0.05, 0) is 24.1 Å². The lowest BCUT2D eigenvalue weighted by molar-refractivity contribution is 0.0730. The van der Waals surface area contributed by atoms with Crippen molar-refractivity contribution in [1.82, 2.24) is 13.9 Å². The van der Waals surface area contributed by atoms with E-state index >= 15 is 0 Å². The third-order valence-corrected chi connectivity index (χ3v) is 6.55. The number of ether oxygens (including phenoxy) is 1. The van der Waals surface area contributed by atoms with Gasteiger partial charge >= 0.3 is 0 Å². The van der Waals surface area contributed by atoms with E-state index in [0.717, 1.165) is 23.7 Å². The number of aromatic nitrogens is 2. The molecule has 0 aliphatic carbocycles. The summed E-state index contributed by atoms with van der Waals surface area (Å²) in [4.78, 5) is 4.60. The fourth-order valence-electron chi connectivity index (χ4n) is 2.98. The molecule has 1 saturated heterocycles. The Bertz CT molecular complexity index is 889. The summed E-state index contributed by atoms with van der Waals surface area (Å²) in [5, 5.41) is 6.74. The number of benzene rings is 1. The van der Waals surface area contributed by atoms with Crippen LogP contribution in [0.5, 0.6) is 0 Å². The van der Waals surface area contributed by atoms with Crippen LogP contribution in [0.3, 0.4) is 0 Å². The fraction of sp³-hybridized carbons (Fsp3) is 0.526. The Labute approximate surface area is 167 Å². The van der Waals surface area contributed by atoms with E-state index in [1.54, 1.807) is 18.3 Å². The molecule has 0 bridgehead atoms. The Kier molecular flexibility index (Phi) is 6.58. The van der Waals surface area contributed by atoms with E-state index < -0.39 is 10.0 Å². The molecule has 0 unspecified atom stereocenters. The summed E-state index contributed by atoms with van der Waals surface area (Å²) in [5.41, 5.74) is 1.63. The van der Waals surface area contributed by atoms with Gasteiger partial charge in [0.05, 0.1) is 36.0 Å². The lowest BCUT2D eigenvalue weighted by Crippen LogP contribution is -2.40. The summed E-state index contributed by atoms with van der Waals surface area (Å²) in [6, 6.07) is 5.20. The van der Waals surface area contributed by atoms with E-state index in [-0.39, 0.29) is 4.90 Å². The number of anilines is 2. The summed E-state index contributed by atoms with van der Waals surface area (Å²) < 4.78 is 34.7. The second-order valence-electron chi connectivity index (χ2n) is 7.31. The van der Waals surface area contributed by atoms with E-state index in [9.17, 15) is 8.42 Å². The van der Waals surface area contributed by atoms with Gasteiger partial charge in [0.2, 0.25) is 10.0 Å². The lowest BCUT2D eigenvalue weighted by Gasteiger charge is -2.26. The topological polar surface area (TPSA) is 88.5 Å². The zero-order valence-corrected chi connectivity index (χ0v) is 17.5. The van der Waals surface area contributed by atoms with Crippen molar-refractivity contribution >= 4 is 21.4 Å². The molecule has 1 aromatic heterocycles. The number of imidazole rings is 1. The van der Waals surface area contributed by atoms with E-state index in [2.05, 4.69) is 29.5 Å². The van der Waals surface area contributed by atoms with E-state index in [1.807, 2.05) is 23.9 Å². The molecule has 28 heavy (non-hydrogen) atoms. The van der Waals surface area contributed by atoms with Gasteiger partial charge in [-0.25, -0.2) is 13.4 Å². The van der Waals surface area contributed by atoms with Crippen molar-refractivity contribution in [2.45, 2.75) is 25.3 Å². The Morgan fingerprint density at radius 1 is 1.18 bits per heavy atom. The van der Waals surface area contributed by atoms with Crippen LogP contribution in [0, 0.1) is 5.92 Å². The molecule has 1 aromatic carbocycles. The van der Waals surface area contributed by atoms with Crippen LogP contribution in [-0.4, -0.2) is 55.1 Å². The number of nitrogens with one attached hydrogen (secondary N) is 2. The van der Waals surface area contributed by atoms with Gasteiger partial charge in [0.15, 0.2) is 0 Å². The Balaban J connectivity index is 1.86. The predicted molar refractivity (Wildman–Crippen MR) is 110 cm³/mol. The molecule has 0 amide bonds. The van der Waals surface area contributed by atoms with Gasteiger partial charge in [-0.1, -0.05) is 13.8 Å². The van der Waals surface area contributed by atoms with Crippen molar-refractivity contribution in [2.75, 3.05) is 43.5 Å². The van der Waals surface area contributed by atoms with Gasteiger partial charge in [0, 0.05) is 39.1 Å². The molecular formula is C19H29N5O3S. The van der Waals surface area contributed by atoms with Crippen molar-refractivity contribution in [2.24, 2.45) is 13.0 Å². The molecule has 154 valence electrons. The first-order chi connectivity index (χ1) is 13.4. The smallest absolute Gasteiger partial charge is 0.243 e. The molecule has 1 aliphatic rings. The minimum atomic E-state index is -3.55. The zero-order valence-electron chi connectivity index (χ0n) is 16.7. The first-order valence-corrected chi connectivity index (χ1v) is 11.0. The Hall–Kier alpha value is -2.10. The molecule has 2 N–H and O–H groups in total. The third-order valence-electron chi connectivity index (χ3n) is 4.66. The third kappa shape index (κ3) is 4.84. The minimum absolute atomic E-state index is 0.284. The summed E-state index contributed by atoms with van der Waals surface area (Å²) in [5.74, 6) is 1.34. The summed E-state index contributed by atoms with van der Waals surface area (Å²) in [6.07, 6.45) is 3.63. The fourth-order valence-corrected chi connectivity index (χ4v) is 4.41. The normalized spacial score (nSPS) is 15.7. The average Bonchev–Trinajstić information content (AvgIpc) is 3.10. The Morgan fingerprint density at radius 3 is 2.57 bits per heavy atom. The van der Waals surface area contributed by atoms with Crippen LogP contribution in [0.15, 0.2) is 35.5 Å². The highest BCUT2D eigenvalue weighted by atomic mass is 32.2. The van der Waals surface area contributed by atoms with Crippen LogP contribution < -0.4 is 10.6 Å². The maximum atomic E-state index is 13.0. The second kappa shape index (κ2) is 8.93. The molecule has 0 atom stereocenters. The molecule has 0 radical (unpaired) electrons. The molecule has 9 heteroatoms. The number of hydrogen-bond acceptors (Lipinski definition) is 6. The first-order valence-electron chi connectivity index (χ1n) is 9.54. The molecule has 1 aliphatic heterocycles. The van der Waals surface area contributed by atoms with Crippen LogP contribution in [-0.2, 0) is 28.4 Å². The standard InChI is InChI=1S/C19H29N5O3S/c1-15(2)13-21-17-5-4-16(28(25,26)24-8-10-27-11-9-24)12-18(17)22-14-19-20-6-7-23(19)3/h4-7,12,15,21-22H,8-11,13-14H2,1-3H3. The molecular weight excluding hydrogens is 378 g/mol. The molecule has 1 fully saturated rings. The van der Waals surface area contributed by atoms with Crippen LogP contribution >= 0.6 is 0 Å². The first kappa shape index (κ1) is 20.6. The molecule has 2 heterocycles. The molecule has 0 saturated carbocycles. The highest BCUT2D eigenvalue weighted by molar-refractivity contribution is 7.89. The lowest BCUT2D eigenvalue weighted by atomic mass is 10.2. The second-order valence-corrected chi connectivity index (χ2v) is 9.24. The largest absolute Gasteiger partial charge is 0.383 e. The molecule has 0 spiro atoms. The number of sulfonamides is 1. The van der Waals surface area contributed by atoms with Crippen LogP contribution in [0.2, 0.25) is 0 Å². The zero-order chi connectivity index (χ0) is 20.1. The van der Waals surface area contributed by atoms with Gasteiger partial charge < -0.3 is 19.9 Å². The number of hydrogen-bond donors (Lipinski definition) is 2. The van der Waals surface area contributed by atoms with Crippen molar-refractivity contribution in [3.8, 4) is 0 Å². The maximum absolute atomic E-state index is 13.0. The molecule has 3 rings (SSSR count). The van der Waals surface area contributed by atoms with Gasteiger partial charge in [-0.3, -0.25) is 0 Å². The van der Waals surface area contributed by atoms with Gasteiger partial charge in [-0.2, -0.15) is 4.31 Å². The molecule has 8 nitrogen and oxygen atoms in total. The van der Waals surface area contributed by atoms with Crippen molar-refractivity contribution in [1.29, 1.82) is 0 Å². The highest BCUT2D eigenvalue weighted by Gasteiger charge is 2.27. The van der Waals surface area contributed by atoms with Crippen LogP contribution in [0.4, 0.5) is 11.4 Å². The Morgan fingerprint density at radius 2 is 1.93 bits per heavy atom. The van der Waals surface area contributed by atoms with Crippen molar-refractivity contribution in [3.05, 3.63) is 36.4 Å². The van der Waals surface area contributed by atoms with Crippen molar-refractivity contribution < 1.29 is 13.2 Å². The van der Waals surface area contributed by atoms with E-state index in [0.29, 0.717) is 38.8 Å². The summed E-state index contributed by atoms with van der Waals surface area (Å²) >= 11 is 0. The monoisotopic (exact) mass is 407 g/mol. The summed E-state index contributed by atoms with van der Waals surface area (Å²) in [7, 11) is -1.62. The quantitative estimate of drug-likeness (QED) is 0.697. The van der Waals surface area contributed by atoms with E-state index in [1.165, 1.54) is 4.31 Å². The summed E-state index contributed by atoms with van der Waals surface area (Å²) in [6.45, 7) is 7.18. The highest BCUT2D eigenvalue weighted by Crippen LogP contribution is 2.28. The molecule has 2 aromatic rings. The number of nitrogens with zero attached hydrogens (tertiary/aromatic N) is 3. The maximum Gasteiger partial charge on any atom is 0.243 e. The van der Waals surface area contributed by atoms with Crippen LogP contribution in [0.25, 0.3) is 0 Å². The predicted octanol–water partition coefficient (Wildman–Crippen LogP) is 2.12. The number of morpholine rings is 1.